The molecule has 2 aromatic rings. The van der Waals surface area contributed by atoms with Crippen LogP contribution in [0, 0.1) is 11.6 Å². The fraction of sp³-hybridized carbons (Fsp3) is 0.125. The average Bonchev–Trinajstić information content (AvgIpc) is 2.72. The third kappa shape index (κ3) is 2.75. The number of nitrogens with one attached hydrogen (secondary N) is 1. The summed E-state index contributed by atoms with van der Waals surface area (Å²) in [5, 5.41) is 0.930. The largest absolute Gasteiger partial charge is 0.448 e. The molecular weight excluding hydrogens is 322 g/mol. The Kier molecular flexibility index (Phi) is 3.73. The zero-order chi connectivity index (χ0) is 16.6. The number of carbonyl (C=O) groups excluding carboxylic acids is 1. The molecule has 3 rings (SSSR count). The first-order chi connectivity index (χ1) is 10.9. The minimum atomic E-state index is -1.60. The molecule has 0 aliphatic carbocycles. The average molecular weight is 334 g/mol. The molecule has 0 radical (unpaired) electrons. The van der Waals surface area contributed by atoms with Crippen LogP contribution in [0.1, 0.15) is 12.5 Å². The van der Waals surface area contributed by atoms with Crippen LogP contribution in [0.2, 0.25) is 0 Å². The Morgan fingerprint density at radius 3 is 2.35 bits per heavy atom. The molecule has 23 heavy (non-hydrogen) atoms. The van der Waals surface area contributed by atoms with Gasteiger partial charge in [0.25, 0.3) is 11.1 Å². The van der Waals surface area contributed by atoms with Gasteiger partial charge in [0.15, 0.2) is 0 Å². The van der Waals surface area contributed by atoms with E-state index in [9.17, 15) is 13.6 Å². The minimum Gasteiger partial charge on any atom is -0.448 e. The monoisotopic (exact) mass is 334 g/mol. The summed E-state index contributed by atoms with van der Waals surface area (Å²) >= 11 is 5.06. The fourth-order valence-electron chi connectivity index (χ4n) is 2.31. The van der Waals surface area contributed by atoms with Crippen LogP contribution in [0.5, 0.6) is 0 Å². The maximum atomic E-state index is 13.5. The Balaban J connectivity index is 1.93. The number of anilines is 1. The van der Waals surface area contributed by atoms with Gasteiger partial charge in [-0.25, -0.2) is 8.78 Å². The van der Waals surface area contributed by atoms with Crippen LogP contribution in [0.3, 0.4) is 0 Å². The number of benzene rings is 2. The van der Waals surface area contributed by atoms with Gasteiger partial charge in [0.05, 0.1) is 5.69 Å². The summed E-state index contributed by atoms with van der Waals surface area (Å²) in [4.78, 5) is 12.7. The number of hydrazine groups is 1. The first kappa shape index (κ1) is 15.4. The maximum Gasteiger partial charge on any atom is 0.297 e. The van der Waals surface area contributed by atoms with E-state index in [1.165, 1.54) is 6.92 Å². The van der Waals surface area contributed by atoms with Crippen molar-refractivity contribution in [2.24, 2.45) is 0 Å². The number of carbonyl (C=O) groups is 1. The molecule has 7 heteroatoms. The lowest BCUT2D eigenvalue weighted by Gasteiger charge is -2.21. The van der Waals surface area contributed by atoms with Gasteiger partial charge in [0.2, 0.25) is 5.60 Å². The summed E-state index contributed by atoms with van der Waals surface area (Å²) in [5.74, 6) is -2.15. The third-order valence-corrected chi connectivity index (χ3v) is 3.78. The predicted octanol–water partition coefficient (Wildman–Crippen LogP) is 3.35. The van der Waals surface area contributed by atoms with Crippen molar-refractivity contribution in [1.29, 1.82) is 0 Å². The highest BCUT2D eigenvalue weighted by molar-refractivity contribution is 7.80. The van der Waals surface area contributed by atoms with Crippen molar-refractivity contribution in [3.8, 4) is 0 Å². The zero-order valence-electron chi connectivity index (χ0n) is 12.0. The lowest BCUT2D eigenvalue weighted by atomic mass is 9.95. The van der Waals surface area contributed by atoms with Crippen molar-refractivity contribution in [2.75, 3.05) is 5.43 Å². The molecule has 118 valence electrons. The van der Waals surface area contributed by atoms with Gasteiger partial charge >= 0.3 is 0 Å². The SMILES string of the molecule is CC1(c2cc(F)cc(F)c2)OC(=S)N(Nc2ccccc2)C1=O. The highest BCUT2D eigenvalue weighted by Gasteiger charge is 2.50. The predicted molar refractivity (Wildman–Crippen MR) is 84.3 cm³/mol. The Morgan fingerprint density at radius 1 is 1.13 bits per heavy atom. The number of ether oxygens (including phenoxy) is 1. The Labute approximate surface area is 136 Å². The number of amides is 1. The number of nitrogens with zero attached hydrogens (tertiary/aromatic N) is 1. The fourth-order valence-corrected chi connectivity index (χ4v) is 2.61. The van der Waals surface area contributed by atoms with Crippen molar-refractivity contribution >= 4 is 29.0 Å². The quantitative estimate of drug-likeness (QED) is 0.874. The van der Waals surface area contributed by atoms with E-state index in [2.05, 4.69) is 5.43 Å². The summed E-state index contributed by atoms with van der Waals surface area (Å²) in [6.07, 6.45) is 0. The van der Waals surface area contributed by atoms with E-state index in [0.717, 1.165) is 23.2 Å². The van der Waals surface area contributed by atoms with Gasteiger partial charge in [-0.05, 0) is 43.4 Å². The first-order valence-electron chi connectivity index (χ1n) is 6.76. The van der Waals surface area contributed by atoms with E-state index in [-0.39, 0.29) is 10.7 Å². The first-order valence-corrected chi connectivity index (χ1v) is 7.17. The number of para-hydroxylation sites is 1. The Bertz CT molecular complexity index is 765. The molecule has 1 saturated heterocycles. The van der Waals surface area contributed by atoms with Crippen molar-refractivity contribution in [3.05, 3.63) is 65.7 Å². The van der Waals surface area contributed by atoms with Crippen molar-refractivity contribution < 1.29 is 18.3 Å². The second kappa shape index (κ2) is 5.58. The molecule has 1 aliphatic heterocycles. The standard InChI is InChI=1S/C16H12F2N2O2S/c1-16(10-7-11(17)9-12(18)8-10)14(21)20(15(23)22-16)19-13-5-3-2-4-6-13/h2-9,19H,1H3. The summed E-state index contributed by atoms with van der Waals surface area (Å²) < 4.78 is 32.4. The molecular formula is C16H12F2N2O2S. The second-order valence-electron chi connectivity index (χ2n) is 5.18. The number of thiocarbonyl (C=S) groups is 1. The van der Waals surface area contributed by atoms with Gasteiger partial charge in [-0.3, -0.25) is 10.2 Å². The van der Waals surface area contributed by atoms with Gasteiger partial charge in [-0.15, -0.1) is 0 Å². The van der Waals surface area contributed by atoms with Gasteiger partial charge in [0, 0.05) is 11.6 Å². The Hall–Kier alpha value is -2.54. The third-order valence-electron chi connectivity index (χ3n) is 3.51. The summed E-state index contributed by atoms with van der Waals surface area (Å²) in [5.41, 5.74) is 1.91. The molecule has 1 fully saturated rings. The lowest BCUT2D eigenvalue weighted by Crippen LogP contribution is -2.40. The van der Waals surface area contributed by atoms with E-state index in [0.29, 0.717) is 5.69 Å². The molecule has 1 atom stereocenters. The van der Waals surface area contributed by atoms with Crippen LogP contribution >= 0.6 is 12.2 Å². The molecule has 0 spiro atoms. The normalized spacial score (nSPS) is 20.6. The van der Waals surface area contributed by atoms with Crippen molar-refractivity contribution in [3.63, 3.8) is 0 Å². The van der Waals surface area contributed by atoms with E-state index >= 15 is 0 Å². The van der Waals surface area contributed by atoms with E-state index in [4.69, 9.17) is 17.0 Å². The van der Waals surface area contributed by atoms with Crippen LogP contribution in [-0.4, -0.2) is 16.1 Å². The van der Waals surface area contributed by atoms with Crippen LogP contribution in [-0.2, 0) is 15.1 Å². The van der Waals surface area contributed by atoms with Crippen molar-refractivity contribution in [1.82, 2.24) is 5.01 Å². The van der Waals surface area contributed by atoms with Crippen LogP contribution < -0.4 is 5.43 Å². The molecule has 0 aromatic heterocycles. The molecule has 2 aromatic carbocycles. The summed E-state index contributed by atoms with van der Waals surface area (Å²) in [6, 6.07) is 11.7. The lowest BCUT2D eigenvalue weighted by molar-refractivity contribution is -0.135. The molecule has 1 N–H and O–H groups in total. The van der Waals surface area contributed by atoms with Crippen LogP contribution in [0.25, 0.3) is 0 Å². The van der Waals surface area contributed by atoms with E-state index in [1.807, 2.05) is 6.07 Å². The van der Waals surface area contributed by atoms with Gasteiger partial charge in [0.1, 0.15) is 11.6 Å². The second-order valence-corrected chi connectivity index (χ2v) is 5.53. The molecule has 1 aliphatic rings. The zero-order valence-corrected chi connectivity index (χ0v) is 12.9. The van der Waals surface area contributed by atoms with Crippen LogP contribution in [0.15, 0.2) is 48.5 Å². The number of rotatable bonds is 3. The molecule has 1 heterocycles. The molecule has 0 bridgehead atoms. The van der Waals surface area contributed by atoms with Gasteiger partial charge in [-0.1, -0.05) is 18.2 Å². The number of halogens is 2. The highest BCUT2D eigenvalue weighted by Crippen LogP contribution is 2.35. The maximum absolute atomic E-state index is 13.5. The minimum absolute atomic E-state index is 0.0553. The number of hydrogen-bond acceptors (Lipinski definition) is 4. The van der Waals surface area contributed by atoms with Crippen LogP contribution in [0.4, 0.5) is 14.5 Å². The molecule has 4 nitrogen and oxygen atoms in total. The molecule has 0 saturated carbocycles. The summed E-state index contributed by atoms with van der Waals surface area (Å²) in [7, 11) is 0. The highest BCUT2D eigenvalue weighted by atomic mass is 32.1. The molecule has 1 amide bonds. The van der Waals surface area contributed by atoms with E-state index < -0.39 is 23.1 Å². The van der Waals surface area contributed by atoms with Gasteiger partial charge < -0.3 is 4.74 Å². The van der Waals surface area contributed by atoms with E-state index in [1.54, 1.807) is 24.3 Å². The smallest absolute Gasteiger partial charge is 0.297 e. The Morgan fingerprint density at radius 2 is 1.74 bits per heavy atom. The van der Waals surface area contributed by atoms with Crippen molar-refractivity contribution in [2.45, 2.75) is 12.5 Å². The molecule has 1 unspecified atom stereocenters. The summed E-state index contributed by atoms with van der Waals surface area (Å²) in [6.45, 7) is 1.42. The topological polar surface area (TPSA) is 41.6 Å². The number of hydrogen-bond donors (Lipinski definition) is 1. The van der Waals surface area contributed by atoms with Gasteiger partial charge in [-0.2, -0.15) is 5.01 Å².